The van der Waals surface area contributed by atoms with Crippen LogP contribution < -0.4 is 0 Å². The summed E-state index contributed by atoms with van der Waals surface area (Å²) in [6, 6.07) is 3.13. The fraction of sp³-hybridized carbons (Fsp3) is 0.538. The quantitative estimate of drug-likeness (QED) is 0.896. The van der Waals surface area contributed by atoms with Crippen LogP contribution in [-0.2, 0) is 11.3 Å². The SMILES string of the molecule is OCC[C@@H]1CN(Cc2c(Cl)ccc(O)c2Cl)CCO1. The van der Waals surface area contributed by atoms with Gasteiger partial charge >= 0.3 is 0 Å². The molecule has 1 aromatic carbocycles. The Morgan fingerprint density at radius 2 is 2.16 bits per heavy atom. The Kier molecular flexibility index (Phi) is 5.30. The van der Waals surface area contributed by atoms with Gasteiger partial charge < -0.3 is 14.9 Å². The van der Waals surface area contributed by atoms with Crippen LogP contribution in [0, 0.1) is 0 Å². The third-order valence-electron chi connectivity index (χ3n) is 3.22. The summed E-state index contributed by atoms with van der Waals surface area (Å²) >= 11 is 12.2. The van der Waals surface area contributed by atoms with E-state index in [2.05, 4.69) is 4.90 Å². The molecule has 0 amide bonds. The summed E-state index contributed by atoms with van der Waals surface area (Å²) < 4.78 is 5.55. The van der Waals surface area contributed by atoms with Crippen molar-refractivity contribution in [2.75, 3.05) is 26.3 Å². The first-order valence-electron chi connectivity index (χ1n) is 6.22. The van der Waals surface area contributed by atoms with Crippen molar-refractivity contribution in [2.24, 2.45) is 0 Å². The van der Waals surface area contributed by atoms with Crippen LogP contribution >= 0.6 is 23.2 Å². The van der Waals surface area contributed by atoms with E-state index in [0.717, 1.165) is 18.7 Å². The second-order valence-electron chi connectivity index (χ2n) is 4.60. The van der Waals surface area contributed by atoms with Crippen LogP contribution in [0.4, 0.5) is 0 Å². The molecule has 2 rings (SSSR count). The van der Waals surface area contributed by atoms with Crippen LogP contribution in [0.1, 0.15) is 12.0 Å². The number of benzene rings is 1. The summed E-state index contributed by atoms with van der Waals surface area (Å²) in [5.41, 5.74) is 0.730. The van der Waals surface area contributed by atoms with Gasteiger partial charge in [0.2, 0.25) is 0 Å². The number of aliphatic hydroxyl groups is 1. The molecule has 0 aliphatic carbocycles. The maximum absolute atomic E-state index is 9.62. The second kappa shape index (κ2) is 6.77. The highest BCUT2D eigenvalue weighted by Crippen LogP contribution is 2.33. The van der Waals surface area contributed by atoms with Gasteiger partial charge in [-0.15, -0.1) is 0 Å². The number of morpholine rings is 1. The van der Waals surface area contributed by atoms with Crippen LogP contribution in [0.15, 0.2) is 12.1 Å². The van der Waals surface area contributed by atoms with E-state index in [-0.39, 0.29) is 18.5 Å². The lowest BCUT2D eigenvalue weighted by atomic mass is 10.1. The first kappa shape index (κ1) is 14.9. The van der Waals surface area contributed by atoms with Crippen molar-refractivity contribution < 1.29 is 14.9 Å². The highest BCUT2D eigenvalue weighted by molar-refractivity contribution is 6.36. The normalized spacial score (nSPS) is 20.7. The van der Waals surface area contributed by atoms with Crippen molar-refractivity contribution in [3.8, 4) is 5.75 Å². The van der Waals surface area contributed by atoms with Crippen molar-refractivity contribution in [2.45, 2.75) is 19.1 Å². The van der Waals surface area contributed by atoms with E-state index < -0.39 is 0 Å². The Morgan fingerprint density at radius 3 is 2.89 bits per heavy atom. The summed E-state index contributed by atoms with van der Waals surface area (Å²) in [6.45, 7) is 2.81. The van der Waals surface area contributed by atoms with E-state index in [4.69, 9.17) is 33.0 Å². The van der Waals surface area contributed by atoms with Crippen molar-refractivity contribution in [3.63, 3.8) is 0 Å². The van der Waals surface area contributed by atoms with Gasteiger partial charge in [-0.2, -0.15) is 0 Å². The molecule has 0 radical (unpaired) electrons. The summed E-state index contributed by atoms with van der Waals surface area (Å²) in [6.07, 6.45) is 0.659. The molecule has 1 heterocycles. The summed E-state index contributed by atoms with van der Waals surface area (Å²) in [4.78, 5) is 2.16. The molecule has 1 saturated heterocycles. The molecule has 0 spiro atoms. The molecule has 1 aliphatic rings. The predicted octanol–water partition coefficient (Wildman–Crippen LogP) is 2.28. The minimum absolute atomic E-state index is 0.0358. The lowest BCUT2D eigenvalue weighted by molar-refractivity contribution is -0.0407. The first-order chi connectivity index (χ1) is 9.11. The highest BCUT2D eigenvalue weighted by Gasteiger charge is 2.22. The lowest BCUT2D eigenvalue weighted by Crippen LogP contribution is -2.42. The molecular formula is C13H17Cl2NO3. The van der Waals surface area contributed by atoms with E-state index in [9.17, 15) is 5.11 Å². The smallest absolute Gasteiger partial charge is 0.134 e. The van der Waals surface area contributed by atoms with Gasteiger partial charge in [0, 0.05) is 36.8 Å². The van der Waals surface area contributed by atoms with Crippen LogP contribution in [0.2, 0.25) is 10.0 Å². The van der Waals surface area contributed by atoms with Gasteiger partial charge in [0.1, 0.15) is 5.75 Å². The molecule has 0 unspecified atom stereocenters. The molecule has 1 atom stereocenters. The summed E-state index contributed by atoms with van der Waals surface area (Å²) in [5, 5.41) is 19.4. The first-order valence-corrected chi connectivity index (χ1v) is 6.98. The molecule has 106 valence electrons. The number of aromatic hydroxyl groups is 1. The van der Waals surface area contributed by atoms with Gasteiger partial charge in [-0.25, -0.2) is 0 Å². The van der Waals surface area contributed by atoms with Gasteiger partial charge in [-0.05, 0) is 18.6 Å². The molecule has 1 aromatic rings. The number of rotatable bonds is 4. The van der Waals surface area contributed by atoms with Gasteiger partial charge in [0.05, 0.1) is 17.7 Å². The number of phenolic OH excluding ortho intramolecular Hbond substituents is 1. The Hall–Kier alpha value is -0.520. The summed E-state index contributed by atoms with van der Waals surface area (Å²) in [7, 11) is 0. The molecule has 0 aromatic heterocycles. The average Bonchev–Trinajstić information content (AvgIpc) is 2.40. The number of hydrogen-bond acceptors (Lipinski definition) is 4. The van der Waals surface area contributed by atoms with E-state index in [1.807, 2.05) is 0 Å². The third kappa shape index (κ3) is 3.74. The summed E-state index contributed by atoms with van der Waals surface area (Å²) in [5.74, 6) is 0.0428. The maximum Gasteiger partial charge on any atom is 0.134 e. The van der Waals surface area contributed by atoms with E-state index in [1.54, 1.807) is 6.07 Å². The van der Waals surface area contributed by atoms with Crippen LogP contribution in [0.25, 0.3) is 0 Å². The Bertz CT molecular complexity index is 440. The number of aliphatic hydroxyl groups excluding tert-OH is 1. The number of nitrogens with zero attached hydrogens (tertiary/aromatic N) is 1. The molecular weight excluding hydrogens is 289 g/mol. The Balaban J connectivity index is 2.06. The topological polar surface area (TPSA) is 52.9 Å². The zero-order chi connectivity index (χ0) is 13.8. The number of hydrogen-bond donors (Lipinski definition) is 2. The zero-order valence-corrected chi connectivity index (χ0v) is 12.0. The minimum Gasteiger partial charge on any atom is -0.506 e. The molecule has 2 N–H and O–H groups in total. The fourth-order valence-corrected chi connectivity index (χ4v) is 2.69. The molecule has 0 bridgehead atoms. The van der Waals surface area contributed by atoms with Gasteiger partial charge in [0.25, 0.3) is 0 Å². The standard InChI is InChI=1S/C13H17Cl2NO3/c14-11-1-2-12(18)13(15)10(11)8-16-4-6-19-9(7-16)3-5-17/h1-2,9,17-18H,3-8H2/t9-/m1/s1. The zero-order valence-electron chi connectivity index (χ0n) is 10.5. The largest absolute Gasteiger partial charge is 0.506 e. The van der Waals surface area contributed by atoms with E-state index in [0.29, 0.717) is 29.6 Å². The molecule has 1 aliphatic heterocycles. The predicted molar refractivity (Wildman–Crippen MR) is 74.8 cm³/mol. The monoisotopic (exact) mass is 305 g/mol. The van der Waals surface area contributed by atoms with Crippen molar-refractivity contribution in [1.82, 2.24) is 4.90 Å². The van der Waals surface area contributed by atoms with Gasteiger partial charge in [-0.3, -0.25) is 4.90 Å². The molecule has 0 saturated carbocycles. The number of ether oxygens (including phenoxy) is 1. The molecule has 1 fully saturated rings. The molecule has 4 nitrogen and oxygen atoms in total. The van der Waals surface area contributed by atoms with Gasteiger partial charge in [-0.1, -0.05) is 23.2 Å². The maximum atomic E-state index is 9.62. The van der Waals surface area contributed by atoms with Gasteiger partial charge in [0.15, 0.2) is 0 Å². The fourth-order valence-electron chi connectivity index (χ4n) is 2.20. The van der Waals surface area contributed by atoms with Crippen LogP contribution in [0.5, 0.6) is 5.75 Å². The third-order valence-corrected chi connectivity index (χ3v) is 4.00. The molecule has 19 heavy (non-hydrogen) atoms. The number of halogens is 2. The molecule has 6 heteroatoms. The average molecular weight is 306 g/mol. The van der Waals surface area contributed by atoms with Crippen molar-refractivity contribution in [1.29, 1.82) is 0 Å². The van der Waals surface area contributed by atoms with Crippen molar-refractivity contribution >= 4 is 23.2 Å². The van der Waals surface area contributed by atoms with Crippen LogP contribution in [0.3, 0.4) is 0 Å². The Labute approximate surface area is 122 Å². The van der Waals surface area contributed by atoms with Crippen molar-refractivity contribution in [3.05, 3.63) is 27.7 Å². The lowest BCUT2D eigenvalue weighted by Gasteiger charge is -2.33. The van der Waals surface area contributed by atoms with E-state index in [1.165, 1.54) is 6.07 Å². The van der Waals surface area contributed by atoms with E-state index >= 15 is 0 Å². The Morgan fingerprint density at radius 1 is 1.37 bits per heavy atom. The highest BCUT2D eigenvalue weighted by atomic mass is 35.5. The van der Waals surface area contributed by atoms with Crippen LogP contribution in [-0.4, -0.2) is 47.5 Å². The minimum atomic E-state index is 0.0358. The number of phenols is 1. The second-order valence-corrected chi connectivity index (χ2v) is 5.38.